The van der Waals surface area contributed by atoms with Crippen molar-refractivity contribution < 1.29 is 4.79 Å². The van der Waals surface area contributed by atoms with Gasteiger partial charge in [0.05, 0.1) is 0 Å². The highest BCUT2D eigenvalue weighted by atomic mass is 35.5. The molecule has 0 bridgehead atoms. The molecule has 0 saturated heterocycles. The first-order valence-electron chi connectivity index (χ1n) is 5.10. The number of carbonyl (C=O) groups excluding carboxylic acids is 1. The number of halogens is 1. The summed E-state index contributed by atoms with van der Waals surface area (Å²) in [4.78, 5) is 16.8. The zero-order valence-corrected chi connectivity index (χ0v) is 11.0. The molecule has 3 N–H and O–H groups in total. The van der Waals surface area contributed by atoms with E-state index in [0.717, 1.165) is 11.3 Å². The Hall–Kier alpha value is -1.00. The Morgan fingerprint density at radius 3 is 2.50 bits per heavy atom. The van der Waals surface area contributed by atoms with Crippen LogP contribution >= 0.6 is 12.4 Å². The Morgan fingerprint density at radius 2 is 2.12 bits per heavy atom. The van der Waals surface area contributed by atoms with Crippen LogP contribution in [0.3, 0.4) is 0 Å². The van der Waals surface area contributed by atoms with Gasteiger partial charge in [0.15, 0.2) is 0 Å². The molecule has 0 saturated carbocycles. The largest absolute Gasteiger partial charge is 0.354 e. The van der Waals surface area contributed by atoms with E-state index in [2.05, 4.69) is 4.98 Å². The summed E-state index contributed by atoms with van der Waals surface area (Å²) < 4.78 is 0. The van der Waals surface area contributed by atoms with Crippen molar-refractivity contribution in [3.05, 3.63) is 23.0 Å². The number of H-pyrrole nitrogens is 1. The SMILES string of the molecule is Cc1cc(C)c(C(=O)N(C)C(C)CN)[nH]1.Cl. The maximum Gasteiger partial charge on any atom is 0.270 e. The summed E-state index contributed by atoms with van der Waals surface area (Å²) in [5.41, 5.74) is 8.17. The first kappa shape index (κ1) is 15.0. The van der Waals surface area contributed by atoms with Crippen LogP contribution in [0.1, 0.15) is 28.7 Å². The number of hydrogen-bond acceptors (Lipinski definition) is 2. The van der Waals surface area contributed by atoms with Gasteiger partial charge >= 0.3 is 0 Å². The van der Waals surface area contributed by atoms with Crippen LogP contribution in [0.25, 0.3) is 0 Å². The van der Waals surface area contributed by atoms with Crippen molar-refractivity contribution in [3.63, 3.8) is 0 Å². The van der Waals surface area contributed by atoms with Gasteiger partial charge in [-0.25, -0.2) is 0 Å². The molecule has 5 heteroatoms. The summed E-state index contributed by atoms with van der Waals surface area (Å²) in [5, 5.41) is 0. The summed E-state index contributed by atoms with van der Waals surface area (Å²) in [6.07, 6.45) is 0. The lowest BCUT2D eigenvalue weighted by Crippen LogP contribution is -2.40. The van der Waals surface area contributed by atoms with Gasteiger partial charge in [0, 0.05) is 25.3 Å². The molecule has 0 fully saturated rings. The fourth-order valence-electron chi connectivity index (χ4n) is 1.49. The monoisotopic (exact) mass is 245 g/mol. The summed E-state index contributed by atoms with van der Waals surface area (Å²) in [6, 6.07) is 2.02. The Morgan fingerprint density at radius 1 is 1.56 bits per heavy atom. The van der Waals surface area contributed by atoms with Crippen molar-refractivity contribution in [1.29, 1.82) is 0 Å². The second-order valence-electron chi connectivity index (χ2n) is 4.01. The lowest BCUT2D eigenvalue weighted by Gasteiger charge is -2.23. The van der Waals surface area contributed by atoms with Crippen LogP contribution in [0.2, 0.25) is 0 Å². The fraction of sp³-hybridized carbons (Fsp3) is 0.545. The lowest BCUT2D eigenvalue weighted by atomic mass is 10.2. The van der Waals surface area contributed by atoms with E-state index >= 15 is 0 Å². The van der Waals surface area contributed by atoms with Crippen molar-refractivity contribution in [1.82, 2.24) is 9.88 Å². The first-order chi connectivity index (χ1) is 6.97. The van der Waals surface area contributed by atoms with Crippen molar-refractivity contribution in [3.8, 4) is 0 Å². The van der Waals surface area contributed by atoms with E-state index in [1.807, 2.05) is 26.8 Å². The summed E-state index contributed by atoms with van der Waals surface area (Å²) in [5.74, 6) is -0.00134. The van der Waals surface area contributed by atoms with Gasteiger partial charge in [0.2, 0.25) is 0 Å². The normalized spacial score (nSPS) is 11.8. The minimum absolute atomic E-state index is 0. The molecular weight excluding hydrogens is 226 g/mol. The Labute approximate surface area is 103 Å². The topological polar surface area (TPSA) is 62.1 Å². The number of nitrogens with zero attached hydrogens (tertiary/aromatic N) is 1. The lowest BCUT2D eigenvalue weighted by molar-refractivity contribution is 0.0742. The average Bonchev–Trinajstić information content (AvgIpc) is 2.54. The van der Waals surface area contributed by atoms with Crippen LogP contribution in [0.4, 0.5) is 0 Å². The van der Waals surface area contributed by atoms with Gasteiger partial charge < -0.3 is 15.6 Å². The molecule has 0 radical (unpaired) electrons. The summed E-state index contributed by atoms with van der Waals surface area (Å²) >= 11 is 0. The van der Waals surface area contributed by atoms with Crippen LogP contribution in [0, 0.1) is 13.8 Å². The molecule has 92 valence electrons. The highest BCUT2D eigenvalue weighted by Crippen LogP contribution is 2.12. The van der Waals surface area contributed by atoms with E-state index in [9.17, 15) is 4.79 Å². The van der Waals surface area contributed by atoms with E-state index in [0.29, 0.717) is 12.2 Å². The van der Waals surface area contributed by atoms with Gasteiger partial charge in [-0.2, -0.15) is 0 Å². The quantitative estimate of drug-likeness (QED) is 0.847. The molecule has 1 heterocycles. The van der Waals surface area contributed by atoms with E-state index in [-0.39, 0.29) is 24.4 Å². The number of carbonyl (C=O) groups is 1. The van der Waals surface area contributed by atoms with Gasteiger partial charge in [-0.05, 0) is 32.4 Å². The molecular formula is C11H20ClN3O. The average molecular weight is 246 g/mol. The Balaban J connectivity index is 0.00000225. The van der Waals surface area contributed by atoms with Crippen molar-refractivity contribution >= 4 is 18.3 Å². The number of aromatic amines is 1. The molecule has 1 rings (SSSR count). The number of nitrogens with one attached hydrogen (secondary N) is 1. The third-order valence-corrected chi connectivity index (χ3v) is 2.69. The highest BCUT2D eigenvalue weighted by Gasteiger charge is 2.19. The number of aromatic nitrogens is 1. The van der Waals surface area contributed by atoms with Gasteiger partial charge in [0.25, 0.3) is 5.91 Å². The molecule has 1 atom stereocenters. The molecule has 4 nitrogen and oxygen atoms in total. The Kier molecular flexibility index (Phi) is 5.55. The molecule has 1 unspecified atom stereocenters. The number of likely N-dealkylation sites (N-methyl/N-ethyl adjacent to an activating group) is 1. The molecule has 1 aromatic heterocycles. The minimum Gasteiger partial charge on any atom is -0.354 e. The predicted octanol–water partition coefficient (Wildman–Crippen LogP) is 1.47. The number of hydrogen-bond donors (Lipinski definition) is 2. The second kappa shape index (κ2) is 5.92. The molecule has 0 spiro atoms. The molecule has 0 aliphatic rings. The molecule has 0 aromatic carbocycles. The standard InChI is InChI=1S/C11H19N3O.ClH/c1-7-5-8(2)13-10(7)11(15)14(4)9(3)6-12;/h5,9,13H,6,12H2,1-4H3;1H. The molecule has 0 aliphatic carbocycles. The van der Waals surface area contributed by atoms with E-state index in [1.165, 1.54) is 0 Å². The number of amides is 1. The van der Waals surface area contributed by atoms with Crippen LogP contribution in [-0.4, -0.2) is 35.4 Å². The third kappa shape index (κ3) is 3.00. The number of rotatable bonds is 3. The zero-order chi connectivity index (χ0) is 11.6. The highest BCUT2D eigenvalue weighted by molar-refractivity contribution is 5.94. The smallest absolute Gasteiger partial charge is 0.270 e. The second-order valence-corrected chi connectivity index (χ2v) is 4.01. The first-order valence-corrected chi connectivity index (χ1v) is 5.10. The van der Waals surface area contributed by atoms with Crippen molar-refractivity contribution in [2.75, 3.05) is 13.6 Å². The minimum atomic E-state index is -0.00134. The maximum absolute atomic E-state index is 12.0. The van der Waals surface area contributed by atoms with Crippen LogP contribution in [0.5, 0.6) is 0 Å². The number of nitrogens with two attached hydrogens (primary N) is 1. The maximum atomic E-state index is 12.0. The Bertz CT molecular complexity index is 362. The number of aryl methyl sites for hydroxylation is 2. The van der Waals surface area contributed by atoms with Gasteiger partial charge in [-0.1, -0.05) is 0 Å². The van der Waals surface area contributed by atoms with Crippen LogP contribution < -0.4 is 5.73 Å². The van der Waals surface area contributed by atoms with E-state index in [4.69, 9.17) is 5.73 Å². The summed E-state index contributed by atoms with van der Waals surface area (Å²) in [6.45, 7) is 6.28. The molecule has 16 heavy (non-hydrogen) atoms. The fourth-order valence-corrected chi connectivity index (χ4v) is 1.49. The zero-order valence-electron chi connectivity index (χ0n) is 10.2. The van der Waals surface area contributed by atoms with E-state index < -0.39 is 0 Å². The molecule has 0 aliphatic heterocycles. The van der Waals surface area contributed by atoms with Crippen molar-refractivity contribution in [2.45, 2.75) is 26.8 Å². The predicted molar refractivity (Wildman–Crippen MR) is 68.1 cm³/mol. The van der Waals surface area contributed by atoms with Crippen LogP contribution in [-0.2, 0) is 0 Å². The van der Waals surface area contributed by atoms with Gasteiger partial charge in [-0.3, -0.25) is 4.79 Å². The third-order valence-electron chi connectivity index (χ3n) is 2.69. The molecule has 1 amide bonds. The molecule has 1 aromatic rings. The van der Waals surface area contributed by atoms with E-state index in [1.54, 1.807) is 11.9 Å². The van der Waals surface area contributed by atoms with Crippen molar-refractivity contribution in [2.24, 2.45) is 5.73 Å². The van der Waals surface area contributed by atoms with Gasteiger partial charge in [0.1, 0.15) is 5.69 Å². The van der Waals surface area contributed by atoms with Gasteiger partial charge in [-0.15, -0.1) is 12.4 Å². The summed E-state index contributed by atoms with van der Waals surface area (Å²) in [7, 11) is 1.77. The van der Waals surface area contributed by atoms with Crippen LogP contribution in [0.15, 0.2) is 6.07 Å².